The van der Waals surface area contributed by atoms with Gasteiger partial charge >= 0.3 is 0 Å². The molecule has 0 fully saturated rings. The molecule has 7 heteroatoms. The zero-order valence-electron chi connectivity index (χ0n) is 19.2. The lowest BCUT2D eigenvalue weighted by Crippen LogP contribution is -2.36. The van der Waals surface area contributed by atoms with E-state index in [0.717, 1.165) is 42.2 Å². The lowest BCUT2D eigenvalue weighted by Gasteiger charge is -2.18. The average Bonchev–Trinajstić information content (AvgIpc) is 3.32. The van der Waals surface area contributed by atoms with E-state index in [1.165, 1.54) is 0 Å². The molecule has 0 saturated carbocycles. The highest BCUT2D eigenvalue weighted by atomic mass is 16.5. The van der Waals surface area contributed by atoms with Crippen molar-refractivity contribution < 1.29 is 9.15 Å². The van der Waals surface area contributed by atoms with E-state index in [0.29, 0.717) is 31.5 Å². The summed E-state index contributed by atoms with van der Waals surface area (Å²) in [6.07, 6.45) is 1.67. The SMILES string of the molecule is CCN(CC)CCOc1ccc(CNC(=NC)NCc2coc(-c3ccccc3)n2)cc1. The van der Waals surface area contributed by atoms with Crippen LogP contribution in [0, 0.1) is 0 Å². The predicted octanol–water partition coefficient (Wildman–Crippen LogP) is 3.93. The van der Waals surface area contributed by atoms with E-state index in [2.05, 4.69) is 51.5 Å². The Kier molecular flexibility index (Phi) is 9.13. The minimum absolute atomic E-state index is 0.523. The van der Waals surface area contributed by atoms with E-state index < -0.39 is 0 Å². The van der Waals surface area contributed by atoms with E-state index in [1.807, 2.05) is 42.5 Å². The summed E-state index contributed by atoms with van der Waals surface area (Å²) in [7, 11) is 1.75. The Balaban J connectivity index is 1.42. The van der Waals surface area contributed by atoms with Crippen molar-refractivity contribution >= 4 is 5.96 Å². The first-order chi connectivity index (χ1) is 15.7. The summed E-state index contributed by atoms with van der Waals surface area (Å²) in [6, 6.07) is 18.0. The molecule has 0 radical (unpaired) electrons. The second-order valence-electron chi connectivity index (χ2n) is 7.31. The molecule has 3 rings (SSSR count). The number of rotatable bonds is 11. The summed E-state index contributed by atoms with van der Waals surface area (Å²) >= 11 is 0. The molecule has 170 valence electrons. The number of benzene rings is 2. The number of hydrogen-bond donors (Lipinski definition) is 2. The van der Waals surface area contributed by atoms with Crippen LogP contribution in [0.5, 0.6) is 5.75 Å². The third kappa shape index (κ3) is 7.13. The number of oxazole rings is 1. The number of likely N-dealkylation sites (N-methyl/N-ethyl adjacent to an activating group) is 1. The molecule has 2 aromatic carbocycles. The Bertz CT molecular complexity index is 950. The van der Waals surface area contributed by atoms with Gasteiger partial charge in [0.15, 0.2) is 5.96 Å². The van der Waals surface area contributed by atoms with Gasteiger partial charge in [-0.2, -0.15) is 0 Å². The van der Waals surface area contributed by atoms with Gasteiger partial charge in [0.2, 0.25) is 5.89 Å². The second-order valence-corrected chi connectivity index (χ2v) is 7.31. The van der Waals surface area contributed by atoms with Crippen molar-refractivity contribution in [2.24, 2.45) is 4.99 Å². The van der Waals surface area contributed by atoms with Crippen molar-refractivity contribution in [1.82, 2.24) is 20.5 Å². The third-order valence-electron chi connectivity index (χ3n) is 5.19. The Hall–Kier alpha value is -3.32. The maximum Gasteiger partial charge on any atom is 0.226 e. The fourth-order valence-corrected chi connectivity index (χ4v) is 3.22. The van der Waals surface area contributed by atoms with Crippen LogP contribution in [0.2, 0.25) is 0 Å². The summed E-state index contributed by atoms with van der Waals surface area (Å²) in [5.74, 6) is 2.21. The molecule has 0 amide bonds. The number of nitrogens with one attached hydrogen (secondary N) is 2. The number of aliphatic imine (C=N–C) groups is 1. The van der Waals surface area contributed by atoms with Gasteiger partial charge in [-0.15, -0.1) is 0 Å². The maximum atomic E-state index is 5.85. The van der Waals surface area contributed by atoms with Crippen LogP contribution < -0.4 is 15.4 Å². The Morgan fingerprint density at radius 1 is 1.00 bits per heavy atom. The number of ether oxygens (including phenoxy) is 1. The van der Waals surface area contributed by atoms with Gasteiger partial charge in [0.1, 0.15) is 18.6 Å². The van der Waals surface area contributed by atoms with Crippen molar-refractivity contribution in [1.29, 1.82) is 0 Å². The van der Waals surface area contributed by atoms with Gasteiger partial charge in [0, 0.05) is 25.7 Å². The van der Waals surface area contributed by atoms with Crippen LogP contribution in [-0.2, 0) is 13.1 Å². The molecular weight excluding hydrogens is 402 g/mol. The van der Waals surface area contributed by atoms with E-state index >= 15 is 0 Å². The summed E-state index contributed by atoms with van der Waals surface area (Å²) < 4.78 is 11.4. The molecule has 2 N–H and O–H groups in total. The highest BCUT2D eigenvalue weighted by Crippen LogP contribution is 2.17. The quantitative estimate of drug-likeness (QED) is 0.351. The largest absolute Gasteiger partial charge is 0.492 e. The molecule has 0 aliphatic rings. The lowest BCUT2D eigenvalue weighted by atomic mass is 10.2. The van der Waals surface area contributed by atoms with Crippen molar-refractivity contribution in [2.45, 2.75) is 26.9 Å². The first-order valence-electron chi connectivity index (χ1n) is 11.1. The molecule has 0 spiro atoms. The molecule has 7 nitrogen and oxygen atoms in total. The smallest absolute Gasteiger partial charge is 0.226 e. The van der Waals surface area contributed by atoms with Gasteiger partial charge in [0.05, 0.1) is 12.2 Å². The molecule has 1 heterocycles. The Morgan fingerprint density at radius 3 is 2.41 bits per heavy atom. The van der Waals surface area contributed by atoms with Gasteiger partial charge in [0.25, 0.3) is 0 Å². The zero-order chi connectivity index (χ0) is 22.6. The second kappa shape index (κ2) is 12.5. The van der Waals surface area contributed by atoms with Gasteiger partial charge < -0.3 is 24.7 Å². The minimum Gasteiger partial charge on any atom is -0.492 e. The molecular formula is C25H33N5O2. The monoisotopic (exact) mass is 435 g/mol. The third-order valence-corrected chi connectivity index (χ3v) is 5.19. The van der Waals surface area contributed by atoms with Gasteiger partial charge in [-0.05, 0) is 42.9 Å². The number of aromatic nitrogens is 1. The van der Waals surface area contributed by atoms with Crippen LogP contribution >= 0.6 is 0 Å². The lowest BCUT2D eigenvalue weighted by molar-refractivity contribution is 0.223. The number of guanidine groups is 1. The Morgan fingerprint density at radius 2 is 1.72 bits per heavy atom. The van der Waals surface area contributed by atoms with Crippen LogP contribution in [0.15, 0.2) is 70.3 Å². The molecule has 0 aliphatic heterocycles. The van der Waals surface area contributed by atoms with Crippen LogP contribution in [0.1, 0.15) is 25.1 Å². The minimum atomic E-state index is 0.523. The molecule has 0 saturated heterocycles. The zero-order valence-corrected chi connectivity index (χ0v) is 19.2. The van der Waals surface area contributed by atoms with E-state index in [4.69, 9.17) is 9.15 Å². The van der Waals surface area contributed by atoms with E-state index in [-0.39, 0.29) is 0 Å². The standard InChI is InChI=1S/C25H33N5O2/c1-4-30(5-2)15-16-31-23-13-11-20(12-14-23)17-27-25(26-3)28-18-22-19-32-24(29-22)21-9-7-6-8-10-21/h6-14,19H,4-5,15-18H2,1-3H3,(H2,26,27,28). The summed E-state index contributed by atoms with van der Waals surface area (Å²) in [5.41, 5.74) is 2.93. The normalized spacial score (nSPS) is 11.6. The summed E-state index contributed by atoms with van der Waals surface area (Å²) in [5, 5.41) is 6.59. The summed E-state index contributed by atoms with van der Waals surface area (Å²) in [6.45, 7) is 9.25. The number of nitrogens with zero attached hydrogens (tertiary/aromatic N) is 3. The first kappa shape index (κ1) is 23.3. The topological polar surface area (TPSA) is 74.9 Å². The molecule has 3 aromatic rings. The molecule has 0 bridgehead atoms. The highest BCUT2D eigenvalue weighted by Gasteiger charge is 2.07. The van der Waals surface area contributed by atoms with Crippen molar-refractivity contribution in [3.05, 3.63) is 72.1 Å². The molecule has 32 heavy (non-hydrogen) atoms. The van der Waals surface area contributed by atoms with E-state index in [9.17, 15) is 0 Å². The van der Waals surface area contributed by atoms with Gasteiger partial charge in [-0.3, -0.25) is 4.99 Å². The Labute approximate surface area is 190 Å². The van der Waals surface area contributed by atoms with E-state index in [1.54, 1.807) is 13.3 Å². The van der Waals surface area contributed by atoms with Crippen LogP contribution in [0.4, 0.5) is 0 Å². The molecule has 0 atom stereocenters. The summed E-state index contributed by atoms with van der Waals surface area (Å²) in [4.78, 5) is 11.2. The molecule has 1 aromatic heterocycles. The van der Waals surface area contributed by atoms with Crippen LogP contribution in [0.25, 0.3) is 11.5 Å². The first-order valence-corrected chi connectivity index (χ1v) is 11.1. The fraction of sp³-hybridized carbons (Fsp3) is 0.360. The van der Waals surface area contributed by atoms with Gasteiger partial charge in [-0.1, -0.05) is 44.2 Å². The maximum absolute atomic E-state index is 5.85. The average molecular weight is 436 g/mol. The van der Waals surface area contributed by atoms with Crippen LogP contribution in [0.3, 0.4) is 0 Å². The predicted molar refractivity (Wildman–Crippen MR) is 129 cm³/mol. The van der Waals surface area contributed by atoms with Crippen LogP contribution in [-0.4, -0.2) is 49.1 Å². The molecule has 0 aliphatic carbocycles. The fourth-order valence-electron chi connectivity index (χ4n) is 3.22. The van der Waals surface area contributed by atoms with Crippen molar-refractivity contribution in [3.63, 3.8) is 0 Å². The van der Waals surface area contributed by atoms with Crippen molar-refractivity contribution in [3.8, 4) is 17.2 Å². The van der Waals surface area contributed by atoms with Crippen molar-refractivity contribution in [2.75, 3.05) is 33.3 Å². The molecule has 0 unspecified atom stereocenters. The van der Waals surface area contributed by atoms with Gasteiger partial charge in [-0.25, -0.2) is 4.98 Å². The number of hydrogen-bond acceptors (Lipinski definition) is 5. The highest BCUT2D eigenvalue weighted by molar-refractivity contribution is 5.79.